The van der Waals surface area contributed by atoms with Crippen LogP contribution in [0, 0.1) is 5.82 Å². The van der Waals surface area contributed by atoms with E-state index in [1.54, 1.807) is 12.1 Å². The molecule has 2 unspecified atom stereocenters. The lowest BCUT2D eigenvalue weighted by Gasteiger charge is -2.22. The average Bonchev–Trinajstić information content (AvgIpc) is 2.25. The predicted octanol–water partition coefficient (Wildman–Crippen LogP) is 2.98. The molecule has 0 bridgehead atoms. The van der Waals surface area contributed by atoms with Crippen molar-refractivity contribution in [2.24, 2.45) is 0 Å². The fraction of sp³-hybridized carbons (Fsp3) is 0.538. The minimum Gasteiger partial charge on any atom is -0.489 e. The van der Waals surface area contributed by atoms with Crippen molar-refractivity contribution in [3.8, 4) is 5.75 Å². The lowest BCUT2D eigenvalue weighted by molar-refractivity contribution is 0.177. The van der Waals surface area contributed by atoms with Gasteiger partial charge in [-0.1, -0.05) is 13.0 Å². The Bertz CT molecular complexity index is 317. The summed E-state index contributed by atoms with van der Waals surface area (Å²) in [5.74, 6) is 0.316. The molecule has 0 heterocycles. The van der Waals surface area contributed by atoms with E-state index < -0.39 is 0 Å². The molecule has 0 radical (unpaired) electrons. The normalized spacial score (nSPS) is 14.5. The zero-order valence-electron chi connectivity index (χ0n) is 10.2. The lowest BCUT2D eigenvalue weighted by atomic mass is 10.2. The Morgan fingerprint density at radius 3 is 2.75 bits per heavy atom. The number of rotatable bonds is 6. The van der Waals surface area contributed by atoms with Crippen LogP contribution in [-0.4, -0.2) is 18.7 Å². The summed E-state index contributed by atoms with van der Waals surface area (Å²) in [5.41, 5.74) is 0. The highest BCUT2D eigenvalue weighted by molar-refractivity contribution is 5.22. The van der Waals surface area contributed by atoms with Crippen LogP contribution in [0.4, 0.5) is 4.39 Å². The first kappa shape index (κ1) is 13.0. The molecule has 0 saturated heterocycles. The summed E-state index contributed by atoms with van der Waals surface area (Å²) >= 11 is 0. The second-order valence-corrected chi connectivity index (χ2v) is 4.02. The molecule has 0 aliphatic heterocycles. The lowest BCUT2D eigenvalue weighted by Crippen LogP contribution is -2.39. The molecule has 90 valence electrons. The highest BCUT2D eigenvalue weighted by Crippen LogP contribution is 2.14. The number of nitrogens with one attached hydrogen (secondary N) is 1. The third-order valence-corrected chi connectivity index (χ3v) is 2.54. The van der Waals surface area contributed by atoms with Gasteiger partial charge in [0.25, 0.3) is 0 Å². The highest BCUT2D eigenvalue weighted by Gasteiger charge is 2.12. The largest absolute Gasteiger partial charge is 0.489 e. The van der Waals surface area contributed by atoms with Gasteiger partial charge >= 0.3 is 0 Å². The van der Waals surface area contributed by atoms with Gasteiger partial charge in [-0.25, -0.2) is 4.39 Å². The Hall–Kier alpha value is -1.09. The van der Waals surface area contributed by atoms with E-state index >= 15 is 0 Å². The summed E-state index contributed by atoms with van der Waals surface area (Å²) in [6, 6.07) is 6.50. The molecule has 16 heavy (non-hydrogen) atoms. The van der Waals surface area contributed by atoms with Crippen LogP contribution < -0.4 is 10.1 Å². The van der Waals surface area contributed by atoms with Gasteiger partial charge in [0.1, 0.15) is 17.7 Å². The van der Waals surface area contributed by atoms with Gasteiger partial charge < -0.3 is 10.1 Å². The Balaban J connectivity index is 2.47. The summed E-state index contributed by atoms with van der Waals surface area (Å²) in [4.78, 5) is 0. The van der Waals surface area contributed by atoms with Crippen LogP contribution in [0.15, 0.2) is 24.3 Å². The number of benzene rings is 1. The first-order valence-corrected chi connectivity index (χ1v) is 5.79. The Labute approximate surface area is 96.8 Å². The fourth-order valence-electron chi connectivity index (χ4n) is 1.39. The quantitative estimate of drug-likeness (QED) is 0.803. The molecule has 1 aromatic rings. The van der Waals surface area contributed by atoms with Gasteiger partial charge in [0.15, 0.2) is 0 Å². The van der Waals surface area contributed by atoms with Gasteiger partial charge in [-0.05, 0) is 38.9 Å². The van der Waals surface area contributed by atoms with Crippen molar-refractivity contribution >= 4 is 0 Å². The van der Waals surface area contributed by atoms with E-state index in [4.69, 9.17) is 4.74 Å². The zero-order valence-corrected chi connectivity index (χ0v) is 10.2. The van der Waals surface area contributed by atoms with Crippen LogP contribution in [0.3, 0.4) is 0 Å². The third-order valence-electron chi connectivity index (χ3n) is 2.54. The number of halogens is 1. The Morgan fingerprint density at radius 1 is 1.38 bits per heavy atom. The first-order chi connectivity index (χ1) is 7.63. The van der Waals surface area contributed by atoms with Crippen molar-refractivity contribution < 1.29 is 9.13 Å². The van der Waals surface area contributed by atoms with E-state index in [0.717, 1.165) is 13.0 Å². The van der Waals surface area contributed by atoms with Crippen LogP contribution in [0.2, 0.25) is 0 Å². The predicted molar refractivity (Wildman–Crippen MR) is 64.2 cm³/mol. The number of hydrogen-bond donors (Lipinski definition) is 1. The van der Waals surface area contributed by atoms with Gasteiger partial charge in [0.05, 0.1) is 0 Å². The van der Waals surface area contributed by atoms with Crippen molar-refractivity contribution in [3.63, 3.8) is 0 Å². The third kappa shape index (κ3) is 4.19. The van der Waals surface area contributed by atoms with Crippen molar-refractivity contribution in [3.05, 3.63) is 30.1 Å². The molecule has 2 nitrogen and oxygen atoms in total. The second-order valence-electron chi connectivity index (χ2n) is 4.02. The minimum absolute atomic E-state index is 0.0216. The van der Waals surface area contributed by atoms with Crippen LogP contribution in [0.1, 0.15) is 27.2 Å². The molecule has 1 rings (SSSR count). The number of ether oxygens (including phenoxy) is 1. The van der Waals surface area contributed by atoms with Gasteiger partial charge in [0.2, 0.25) is 0 Å². The molecule has 0 aromatic heterocycles. The highest BCUT2D eigenvalue weighted by atomic mass is 19.1. The molecule has 0 aliphatic carbocycles. The van der Waals surface area contributed by atoms with Crippen molar-refractivity contribution in [1.82, 2.24) is 5.32 Å². The van der Waals surface area contributed by atoms with Crippen LogP contribution in [-0.2, 0) is 0 Å². The van der Waals surface area contributed by atoms with E-state index in [9.17, 15) is 4.39 Å². The second kappa shape index (κ2) is 6.48. The number of hydrogen-bond acceptors (Lipinski definition) is 2. The minimum atomic E-state index is -0.265. The average molecular weight is 225 g/mol. The molecule has 1 aromatic carbocycles. The zero-order chi connectivity index (χ0) is 12.0. The maximum absolute atomic E-state index is 12.9. The molecule has 2 atom stereocenters. The molecule has 0 spiro atoms. The van der Waals surface area contributed by atoms with E-state index in [-0.39, 0.29) is 18.0 Å². The monoisotopic (exact) mass is 225 g/mol. The van der Waals surface area contributed by atoms with E-state index in [2.05, 4.69) is 19.2 Å². The van der Waals surface area contributed by atoms with E-state index in [1.807, 2.05) is 6.92 Å². The molecule has 3 heteroatoms. The van der Waals surface area contributed by atoms with Crippen molar-refractivity contribution in [1.29, 1.82) is 0 Å². The maximum Gasteiger partial charge on any atom is 0.126 e. The van der Waals surface area contributed by atoms with Gasteiger partial charge in [-0.2, -0.15) is 0 Å². The van der Waals surface area contributed by atoms with Crippen molar-refractivity contribution in [2.75, 3.05) is 6.54 Å². The Kier molecular flexibility index (Phi) is 5.26. The molecule has 0 fully saturated rings. The van der Waals surface area contributed by atoms with Crippen LogP contribution in [0.5, 0.6) is 5.75 Å². The van der Waals surface area contributed by atoms with E-state index in [0.29, 0.717) is 5.75 Å². The molecule has 0 amide bonds. The van der Waals surface area contributed by atoms with Gasteiger partial charge in [-0.3, -0.25) is 0 Å². The maximum atomic E-state index is 12.9. The molecule has 0 saturated carbocycles. The Morgan fingerprint density at radius 2 is 2.12 bits per heavy atom. The molecule has 0 aliphatic rings. The van der Waals surface area contributed by atoms with Crippen molar-refractivity contribution in [2.45, 2.75) is 39.3 Å². The van der Waals surface area contributed by atoms with Crippen LogP contribution in [0.25, 0.3) is 0 Å². The van der Waals surface area contributed by atoms with Gasteiger partial charge in [-0.15, -0.1) is 0 Å². The standard InChI is InChI=1S/C13H20FNO/c1-4-8-15-10(2)11(3)16-13-7-5-6-12(14)9-13/h5-7,9-11,15H,4,8H2,1-3H3. The van der Waals surface area contributed by atoms with Crippen LogP contribution >= 0.6 is 0 Å². The summed E-state index contributed by atoms with van der Waals surface area (Å²) in [6.07, 6.45) is 1.12. The SMILES string of the molecule is CCCNC(C)C(C)Oc1cccc(F)c1. The topological polar surface area (TPSA) is 21.3 Å². The summed E-state index contributed by atoms with van der Waals surface area (Å²) < 4.78 is 18.6. The van der Waals surface area contributed by atoms with E-state index in [1.165, 1.54) is 12.1 Å². The van der Waals surface area contributed by atoms with Gasteiger partial charge in [0, 0.05) is 12.1 Å². The first-order valence-electron chi connectivity index (χ1n) is 5.79. The summed E-state index contributed by atoms with van der Waals surface area (Å²) in [7, 11) is 0. The molecule has 1 N–H and O–H groups in total. The smallest absolute Gasteiger partial charge is 0.126 e. The molecular formula is C13H20FNO. The summed E-state index contributed by atoms with van der Waals surface area (Å²) in [6.45, 7) is 7.15. The fourth-order valence-corrected chi connectivity index (χ4v) is 1.39. The molecular weight excluding hydrogens is 205 g/mol. The summed E-state index contributed by atoms with van der Waals surface area (Å²) in [5, 5.41) is 3.35.